The van der Waals surface area contributed by atoms with Gasteiger partial charge in [-0.1, -0.05) is 13.0 Å². The van der Waals surface area contributed by atoms with Gasteiger partial charge in [-0.05, 0) is 36.3 Å². The average Bonchev–Trinajstić information content (AvgIpc) is 3.18. The van der Waals surface area contributed by atoms with E-state index in [4.69, 9.17) is 15.5 Å². The summed E-state index contributed by atoms with van der Waals surface area (Å²) in [6.45, 7) is 1.76. The number of nitrogens with two attached hydrogens (primary N) is 1. The van der Waals surface area contributed by atoms with Crippen LogP contribution in [0.2, 0.25) is 0 Å². The second-order valence-electron chi connectivity index (χ2n) is 8.09. The van der Waals surface area contributed by atoms with E-state index in [9.17, 15) is 19.5 Å². The van der Waals surface area contributed by atoms with Crippen LogP contribution in [0.5, 0.6) is 0 Å². The highest BCUT2D eigenvalue weighted by molar-refractivity contribution is 5.98. The van der Waals surface area contributed by atoms with Gasteiger partial charge in [0.25, 0.3) is 5.56 Å². The van der Waals surface area contributed by atoms with Crippen molar-refractivity contribution in [3.63, 3.8) is 0 Å². The van der Waals surface area contributed by atoms with Crippen LogP contribution in [0.3, 0.4) is 0 Å². The minimum atomic E-state index is -1.87. The van der Waals surface area contributed by atoms with Gasteiger partial charge in [0, 0.05) is 28.3 Å². The Kier molecular flexibility index (Phi) is 4.61. The van der Waals surface area contributed by atoms with Gasteiger partial charge in [0.15, 0.2) is 5.60 Å². The number of hydrogen-bond acceptors (Lipinski definition) is 8. The molecule has 1 atom stereocenters. The standard InChI is InChI=1S/C24H21N3O6/c1-3-24(31)16-9-18-21-13(10-27(18)22(29)15(16)11-33-23(24)30)8-14-17(26-21)6-4-12(20(14)25)5-7-19(28)32-2/h4-9,31H,3,10-11,25H2,1-2H3/t24-/m0/s1. The number of cyclic esters (lactones) is 1. The van der Waals surface area contributed by atoms with Crippen molar-refractivity contribution in [3.8, 4) is 11.4 Å². The number of anilines is 1. The van der Waals surface area contributed by atoms with Crippen molar-refractivity contribution in [2.45, 2.75) is 32.1 Å². The summed E-state index contributed by atoms with van der Waals surface area (Å²) >= 11 is 0. The summed E-state index contributed by atoms with van der Waals surface area (Å²) in [5.74, 6) is -1.25. The number of hydrogen-bond donors (Lipinski definition) is 2. The molecule has 3 aromatic rings. The van der Waals surface area contributed by atoms with Gasteiger partial charge in [-0.25, -0.2) is 14.6 Å². The van der Waals surface area contributed by atoms with Gasteiger partial charge >= 0.3 is 11.9 Å². The maximum atomic E-state index is 13.2. The Labute approximate surface area is 188 Å². The topological polar surface area (TPSA) is 134 Å². The first-order valence-corrected chi connectivity index (χ1v) is 10.4. The minimum Gasteiger partial charge on any atom is -0.466 e. The highest BCUT2D eigenvalue weighted by Gasteiger charge is 2.45. The molecule has 0 radical (unpaired) electrons. The van der Waals surface area contributed by atoms with Crippen LogP contribution in [0, 0.1) is 0 Å². The van der Waals surface area contributed by atoms with E-state index in [1.165, 1.54) is 13.2 Å². The second-order valence-corrected chi connectivity index (χ2v) is 8.09. The van der Waals surface area contributed by atoms with Crippen LogP contribution in [0.4, 0.5) is 5.69 Å². The maximum Gasteiger partial charge on any atom is 0.343 e. The van der Waals surface area contributed by atoms with Crippen LogP contribution in [0.15, 0.2) is 35.1 Å². The summed E-state index contributed by atoms with van der Waals surface area (Å²) in [4.78, 5) is 41.7. The first kappa shape index (κ1) is 20.9. The summed E-state index contributed by atoms with van der Waals surface area (Å²) in [5, 5.41) is 11.6. The van der Waals surface area contributed by atoms with Gasteiger partial charge in [-0.2, -0.15) is 0 Å². The van der Waals surface area contributed by atoms with Crippen molar-refractivity contribution in [1.29, 1.82) is 0 Å². The normalized spacial score (nSPS) is 18.7. The lowest BCUT2D eigenvalue weighted by atomic mass is 9.86. The molecule has 0 aliphatic carbocycles. The van der Waals surface area contributed by atoms with Crippen LogP contribution in [0.25, 0.3) is 28.4 Å². The van der Waals surface area contributed by atoms with Crippen LogP contribution in [-0.4, -0.2) is 33.7 Å². The molecule has 2 aliphatic heterocycles. The van der Waals surface area contributed by atoms with Gasteiger partial charge in [0.2, 0.25) is 0 Å². The van der Waals surface area contributed by atoms with Crippen molar-refractivity contribution >= 4 is 34.6 Å². The molecular weight excluding hydrogens is 426 g/mol. The van der Waals surface area contributed by atoms with Crippen LogP contribution in [0.1, 0.15) is 35.6 Å². The number of aromatic nitrogens is 2. The molecule has 0 unspecified atom stereocenters. The van der Waals surface area contributed by atoms with Crippen LogP contribution >= 0.6 is 0 Å². The number of carbonyl (C=O) groups is 2. The zero-order chi connectivity index (χ0) is 23.5. The molecule has 3 N–H and O–H groups in total. The average molecular weight is 447 g/mol. The summed E-state index contributed by atoms with van der Waals surface area (Å²) < 4.78 is 11.3. The monoisotopic (exact) mass is 447 g/mol. The Morgan fingerprint density at radius 3 is 2.88 bits per heavy atom. The Balaban J connectivity index is 1.67. The number of carbonyl (C=O) groups excluding carboxylic acids is 2. The smallest absolute Gasteiger partial charge is 0.343 e. The molecule has 0 fully saturated rings. The zero-order valence-corrected chi connectivity index (χ0v) is 18.0. The van der Waals surface area contributed by atoms with Gasteiger partial charge in [0.05, 0.1) is 36.1 Å². The fraction of sp³-hybridized carbons (Fsp3) is 0.250. The highest BCUT2D eigenvalue weighted by atomic mass is 16.6. The number of aliphatic hydroxyl groups is 1. The first-order chi connectivity index (χ1) is 15.8. The molecule has 4 heterocycles. The van der Waals surface area contributed by atoms with Gasteiger partial charge in [-0.3, -0.25) is 4.79 Å². The number of methoxy groups -OCH3 is 1. The van der Waals surface area contributed by atoms with Gasteiger partial charge < -0.3 is 24.9 Å². The Morgan fingerprint density at radius 2 is 2.15 bits per heavy atom. The third-order valence-corrected chi connectivity index (χ3v) is 6.37. The number of ether oxygens (including phenoxy) is 2. The molecule has 168 valence electrons. The van der Waals surface area contributed by atoms with Gasteiger partial charge in [0.1, 0.15) is 6.61 Å². The molecule has 0 saturated heterocycles. The fourth-order valence-corrected chi connectivity index (χ4v) is 4.46. The number of fused-ring (bicyclic) bond motifs is 5. The Hall–Kier alpha value is -3.98. The second kappa shape index (κ2) is 7.28. The number of nitrogen functional groups attached to an aromatic ring is 1. The zero-order valence-electron chi connectivity index (χ0n) is 18.0. The van der Waals surface area contributed by atoms with E-state index in [-0.39, 0.29) is 36.3 Å². The number of nitrogens with zero attached hydrogens (tertiary/aromatic N) is 2. The molecule has 2 aliphatic rings. The predicted molar refractivity (Wildman–Crippen MR) is 120 cm³/mol. The van der Waals surface area contributed by atoms with Crippen LogP contribution in [-0.2, 0) is 37.8 Å². The third-order valence-electron chi connectivity index (χ3n) is 6.37. The molecule has 1 aromatic carbocycles. The van der Waals surface area contributed by atoms with E-state index in [2.05, 4.69) is 4.74 Å². The Morgan fingerprint density at radius 1 is 1.36 bits per heavy atom. The van der Waals surface area contributed by atoms with E-state index in [1.54, 1.807) is 35.8 Å². The molecule has 5 rings (SSSR count). The molecule has 9 nitrogen and oxygen atoms in total. The molecular formula is C24H21N3O6. The highest BCUT2D eigenvalue weighted by Crippen LogP contribution is 2.39. The summed E-state index contributed by atoms with van der Waals surface area (Å²) in [6, 6.07) is 7.07. The molecule has 0 amide bonds. The molecule has 0 saturated carbocycles. The van der Waals surface area contributed by atoms with E-state index in [0.29, 0.717) is 33.5 Å². The summed E-state index contributed by atoms with van der Waals surface area (Å²) in [5.41, 5.74) is 8.32. The van der Waals surface area contributed by atoms with Crippen LogP contribution < -0.4 is 11.3 Å². The van der Waals surface area contributed by atoms with Crippen molar-refractivity contribution < 1.29 is 24.2 Å². The number of benzene rings is 1. The van der Waals surface area contributed by atoms with E-state index in [1.807, 2.05) is 6.07 Å². The molecule has 2 aromatic heterocycles. The first-order valence-electron chi connectivity index (χ1n) is 10.4. The molecule has 9 heteroatoms. The van der Waals surface area contributed by atoms with E-state index in [0.717, 1.165) is 5.56 Å². The summed E-state index contributed by atoms with van der Waals surface area (Å²) in [6.07, 6.45) is 2.94. The van der Waals surface area contributed by atoms with Gasteiger partial charge in [-0.15, -0.1) is 0 Å². The van der Waals surface area contributed by atoms with Crippen molar-refractivity contribution in [2.24, 2.45) is 0 Å². The largest absolute Gasteiger partial charge is 0.466 e. The molecule has 33 heavy (non-hydrogen) atoms. The van der Waals surface area contributed by atoms with E-state index >= 15 is 0 Å². The third kappa shape index (κ3) is 2.96. The Bertz CT molecular complexity index is 1460. The minimum absolute atomic E-state index is 0.0815. The quantitative estimate of drug-likeness (QED) is 0.276. The SMILES string of the molecule is CC[C@@]1(O)C(=O)OCc2c1cc1n(c2=O)Cc2cc3c(N)c(C=CC(=O)OC)ccc3nc2-1. The maximum absolute atomic E-state index is 13.2. The van der Waals surface area contributed by atoms with Crippen molar-refractivity contribution in [3.05, 3.63) is 62.9 Å². The molecule has 0 spiro atoms. The number of rotatable bonds is 3. The lowest BCUT2D eigenvalue weighted by molar-refractivity contribution is -0.172. The van der Waals surface area contributed by atoms with Crippen molar-refractivity contribution in [1.82, 2.24) is 9.55 Å². The number of esters is 2. The summed E-state index contributed by atoms with van der Waals surface area (Å²) in [7, 11) is 1.30. The van der Waals surface area contributed by atoms with E-state index < -0.39 is 17.5 Å². The van der Waals surface area contributed by atoms with Crippen molar-refractivity contribution in [2.75, 3.05) is 12.8 Å². The number of pyridine rings is 2. The predicted octanol–water partition coefficient (Wildman–Crippen LogP) is 1.85. The fourth-order valence-electron chi connectivity index (χ4n) is 4.46. The lowest BCUT2D eigenvalue weighted by Gasteiger charge is -2.31. The molecule has 0 bridgehead atoms. The lowest BCUT2D eigenvalue weighted by Crippen LogP contribution is -2.44.